The molecule has 0 unspecified atom stereocenters. The normalized spacial score (nSPS) is 10.4. The Kier molecular flexibility index (Phi) is 3.79. The van der Waals surface area contributed by atoms with Crippen molar-refractivity contribution in [3.63, 3.8) is 0 Å². The first kappa shape index (κ1) is 13.1. The fourth-order valence-corrected chi connectivity index (χ4v) is 1.76. The van der Waals surface area contributed by atoms with Crippen molar-refractivity contribution in [1.82, 2.24) is 9.97 Å². The molecule has 0 aromatic carbocycles. The van der Waals surface area contributed by atoms with Gasteiger partial charge < -0.3 is 15.2 Å². The lowest BCUT2D eigenvalue weighted by Crippen LogP contribution is -2.10. The first-order chi connectivity index (χ1) is 9.19. The lowest BCUT2D eigenvalue weighted by atomic mass is 10.1. The molecular formula is C13H15N3O3. The van der Waals surface area contributed by atoms with Crippen LogP contribution in [0, 0.1) is 0 Å². The van der Waals surface area contributed by atoms with Gasteiger partial charge in [0.2, 0.25) is 0 Å². The van der Waals surface area contributed by atoms with E-state index in [4.69, 9.17) is 15.2 Å². The van der Waals surface area contributed by atoms with Crippen molar-refractivity contribution < 1.29 is 14.3 Å². The summed E-state index contributed by atoms with van der Waals surface area (Å²) in [5.41, 5.74) is 6.96. The van der Waals surface area contributed by atoms with E-state index in [-0.39, 0.29) is 17.9 Å². The quantitative estimate of drug-likeness (QED) is 0.844. The zero-order valence-corrected chi connectivity index (χ0v) is 10.8. The minimum atomic E-state index is -0.499. The maximum absolute atomic E-state index is 11.8. The molecule has 19 heavy (non-hydrogen) atoms. The molecule has 0 saturated heterocycles. The molecule has 2 aromatic rings. The maximum atomic E-state index is 11.8. The molecule has 0 radical (unpaired) electrons. The fraction of sp³-hybridized carbons (Fsp3) is 0.308. The molecule has 0 amide bonds. The van der Waals surface area contributed by atoms with Gasteiger partial charge in [-0.15, -0.1) is 0 Å². The number of carbonyl (C=O) groups excluding carboxylic acids is 1. The van der Waals surface area contributed by atoms with Gasteiger partial charge in [-0.1, -0.05) is 0 Å². The second-order valence-electron chi connectivity index (χ2n) is 3.75. The number of ether oxygens (including phenoxy) is 2. The standard InChI is InChI=1S/C13H15N3O3/c1-3-18-9-5-6-15-12-10(9)11(14)8(7-16-12)13(17)19-4-2/h5-7H,3-4H2,1-2H3,(H2,14,15,16). The number of hydrogen-bond donors (Lipinski definition) is 1. The third-order valence-corrected chi connectivity index (χ3v) is 2.56. The molecule has 2 heterocycles. The number of nitrogens with two attached hydrogens (primary N) is 1. The van der Waals surface area contributed by atoms with Crippen LogP contribution < -0.4 is 10.5 Å². The molecule has 2 rings (SSSR count). The van der Waals surface area contributed by atoms with E-state index in [2.05, 4.69) is 9.97 Å². The Morgan fingerprint density at radius 3 is 2.79 bits per heavy atom. The van der Waals surface area contributed by atoms with E-state index in [9.17, 15) is 4.79 Å². The number of pyridine rings is 2. The summed E-state index contributed by atoms with van der Waals surface area (Å²) in [4.78, 5) is 20.0. The highest BCUT2D eigenvalue weighted by molar-refractivity contribution is 6.05. The number of carbonyl (C=O) groups is 1. The summed E-state index contributed by atoms with van der Waals surface area (Å²) in [6, 6.07) is 1.69. The number of anilines is 1. The van der Waals surface area contributed by atoms with Crippen molar-refractivity contribution in [2.45, 2.75) is 13.8 Å². The third-order valence-electron chi connectivity index (χ3n) is 2.56. The number of fused-ring (bicyclic) bond motifs is 1. The predicted molar refractivity (Wildman–Crippen MR) is 71.1 cm³/mol. The van der Waals surface area contributed by atoms with Crippen LogP contribution in [0.1, 0.15) is 24.2 Å². The SMILES string of the molecule is CCOC(=O)c1cnc2nccc(OCC)c2c1N. The van der Waals surface area contributed by atoms with E-state index in [1.807, 2.05) is 6.92 Å². The molecule has 0 aliphatic heterocycles. The first-order valence-electron chi connectivity index (χ1n) is 6.02. The summed E-state index contributed by atoms with van der Waals surface area (Å²) in [6.07, 6.45) is 2.96. The summed E-state index contributed by atoms with van der Waals surface area (Å²) in [5, 5.41) is 0.537. The zero-order chi connectivity index (χ0) is 13.8. The number of hydrogen-bond acceptors (Lipinski definition) is 6. The van der Waals surface area contributed by atoms with E-state index in [0.717, 1.165) is 0 Å². The second kappa shape index (κ2) is 5.51. The Morgan fingerprint density at radius 2 is 2.11 bits per heavy atom. The van der Waals surface area contributed by atoms with Gasteiger partial charge in [-0.25, -0.2) is 14.8 Å². The van der Waals surface area contributed by atoms with Gasteiger partial charge in [0.05, 0.1) is 24.3 Å². The molecular weight excluding hydrogens is 246 g/mol. The summed E-state index contributed by atoms with van der Waals surface area (Å²) in [5.74, 6) is 0.0596. The van der Waals surface area contributed by atoms with E-state index in [1.165, 1.54) is 6.20 Å². The molecule has 6 nitrogen and oxygen atoms in total. The van der Waals surface area contributed by atoms with Gasteiger partial charge in [-0.05, 0) is 19.9 Å². The highest BCUT2D eigenvalue weighted by atomic mass is 16.5. The molecule has 2 N–H and O–H groups in total. The van der Waals surface area contributed by atoms with E-state index < -0.39 is 5.97 Å². The fourth-order valence-electron chi connectivity index (χ4n) is 1.76. The van der Waals surface area contributed by atoms with Gasteiger partial charge in [-0.2, -0.15) is 0 Å². The minimum Gasteiger partial charge on any atom is -0.493 e. The van der Waals surface area contributed by atoms with Crippen LogP contribution in [0.25, 0.3) is 11.0 Å². The summed E-state index contributed by atoms with van der Waals surface area (Å²) < 4.78 is 10.4. The number of esters is 1. The number of nitrogen functional groups attached to an aromatic ring is 1. The Labute approximate surface area is 110 Å². The van der Waals surface area contributed by atoms with Crippen LogP contribution in [0.3, 0.4) is 0 Å². The molecule has 0 bridgehead atoms. The molecule has 0 saturated carbocycles. The van der Waals surface area contributed by atoms with Crippen LogP contribution in [-0.4, -0.2) is 29.2 Å². The summed E-state index contributed by atoms with van der Waals surface area (Å²) in [6.45, 7) is 4.37. The van der Waals surface area contributed by atoms with Crippen LogP contribution in [-0.2, 0) is 4.74 Å². The molecule has 2 aromatic heterocycles. The van der Waals surface area contributed by atoms with Gasteiger partial charge in [0.1, 0.15) is 11.3 Å². The molecule has 0 aliphatic rings. The lowest BCUT2D eigenvalue weighted by molar-refractivity contribution is 0.0527. The average Bonchev–Trinajstić information content (AvgIpc) is 2.39. The predicted octanol–water partition coefficient (Wildman–Crippen LogP) is 1.79. The molecule has 100 valence electrons. The lowest BCUT2D eigenvalue weighted by Gasteiger charge is -2.11. The minimum absolute atomic E-state index is 0.225. The van der Waals surface area contributed by atoms with Crippen molar-refractivity contribution in [3.8, 4) is 5.75 Å². The molecule has 6 heteroatoms. The first-order valence-corrected chi connectivity index (χ1v) is 6.02. The van der Waals surface area contributed by atoms with Crippen LogP contribution in [0.5, 0.6) is 5.75 Å². The number of rotatable bonds is 4. The maximum Gasteiger partial charge on any atom is 0.341 e. The van der Waals surface area contributed by atoms with Crippen LogP contribution in [0.15, 0.2) is 18.5 Å². The van der Waals surface area contributed by atoms with Gasteiger partial charge in [0.25, 0.3) is 0 Å². The molecule has 0 aliphatic carbocycles. The Morgan fingerprint density at radius 1 is 1.32 bits per heavy atom. The molecule has 0 atom stereocenters. The average molecular weight is 261 g/mol. The van der Waals surface area contributed by atoms with Crippen molar-refractivity contribution in [2.24, 2.45) is 0 Å². The monoisotopic (exact) mass is 261 g/mol. The van der Waals surface area contributed by atoms with Crippen molar-refractivity contribution in [2.75, 3.05) is 18.9 Å². The van der Waals surface area contributed by atoms with E-state index in [1.54, 1.807) is 19.2 Å². The van der Waals surface area contributed by atoms with E-state index >= 15 is 0 Å². The number of nitrogens with zero attached hydrogens (tertiary/aromatic N) is 2. The Bertz CT molecular complexity index is 613. The van der Waals surface area contributed by atoms with Gasteiger partial charge in [-0.3, -0.25) is 0 Å². The molecule has 0 spiro atoms. The van der Waals surface area contributed by atoms with Gasteiger partial charge in [0, 0.05) is 12.4 Å². The van der Waals surface area contributed by atoms with Crippen molar-refractivity contribution in [1.29, 1.82) is 0 Å². The summed E-state index contributed by atoms with van der Waals surface area (Å²) in [7, 11) is 0. The number of aromatic nitrogens is 2. The second-order valence-corrected chi connectivity index (χ2v) is 3.75. The highest BCUT2D eigenvalue weighted by Gasteiger charge is 2.17. The highest BCUT2D eigenvalue weighted by Crippen LogP contribution is 2.30. The van der Waals surface area contributed by atoms with Crippen LogP contribution >= 0.6 is 0 Å². The smallest absolute Gasteiger partial charge is 0.341 e. The van der Waals surface area contributed by atoms with Gasteiger partial charge in [0.15, 0.2) is 5.65 Å². The Balaban J connectivity index is 2.61. The third kappa shape index (κ3) is 2.42. The summed E-state index contributed by atoms with van der Waals surface area (Å²) >= 11 is 0. The topological polar surface area (TPSA) is 87.3 Å². The van der Waals surface area contributed by atoms with Crippen molar-refractivity contribution >= 4 is 22.7 Å². The van der Waals surface area contributed by atoms with Crippen LogP contribution in [0.4, 0.5) is 5.69 Å². The van der Waals surface area contributed by atoms with E-state index in [0.29, 0.717) is 23.4 Å². The van der Waals surface area contributed by atoms with Crippen molar-refractivity contribution in [3.05, 3.63) is 24.0 Å². The van der Waals surface area contributed by atoms with Crippen LogP contribution in [0.2, 0.25) is 0 Å². The Hall–Kier alpha value is -2.37. The largest absolute Gasteiger partial charge is 0.493 e. The van der Waals surface area contributed by atoms with Gasteiger partial charge >= 0.3 is 5.97 Å². The molecule has 0 fully saturated rings. The zero-order valence-electron chi connectivity index (χ0n) is 10.8.